The van der Waals surface area contributed by atoms with E-state index in [2.05, 4.69) is 25.6 Å². The molecular weight excluding hydrogens is 545 g/mol. The maximum absolute atomic E-state index is 13.3. The molecule has 41 heavy (non-hydrogen) atoms. The van der Waals surface area contributed by atoms with Crippen LogP contribution in [-0.4, -0.2) is 77.4 Å². The third-order valence-electron chi connectivity index (χ3n) is 5.86. The van der Waals surface area contributed by atoms with Gasteiger partial charge in [-0.3, -0.25) is 14.4 Å². The first-order valence-electron chi connectivity index (χ1n) is 12.6. The summed E-state index contributed by atoms with van der Waals surface area (Å²) in [5, 5.41) is 13.8. The lowest BCUT2D eigenvalue weighted by molar-refractivity contribution is -0.274. The van der Waals surface area contributed by atoms with E-state index in [1.54, 1.807) is 30.3 Å². The summed E-state index contributed by atoms with van der Waals surface area (Å²) in [6.07, 6.45) is -5.35. The van der Waals surface area contributed by atoms with Gasteiger partial charge < -0.3 is 37.5 Å². The normalized spacial score (nSPS) is 12.8. The van der Waals surface area contributed by atoms with E-state index in [4.69, 9.17) is 17.2 Å². The molecule has 0 bridgehead atoms. The number of nitrogens with zero attached hydrogens (tertiary/aromatic N) is 3. The molecule has 0 radical (unpaired) electrons. The van der Waals surface area contributed by atoms with E-state index < -0.39 is 41.9 Å². The van der Waals surface area contributed by atoms with E-state index in [1.165, 1.54) is 17.0 Å². The third kappa shape index (κ3) is 9.66. The van der Waals surface area contributed by atoms with Crippen molar-refractivity contribution in [3.63, 3.8) is 0 Å². The number of hydrogen-bond acceptors (Lipinski definition) is 9. The van der Waals surface area contributed by atoms with Gasteiger partial charge in [0.25, 0.3) is 0 Å². The highest BCUT2D eigenvalue weighted by Crippen LogP contribution is 2.23. The third-order valence-corrected chi connectivity index (χ3v) is 5.86. The molecular formula is C26H31F3N8O4. The summed E-state index contributed by atoms with van der Waals surface area (Å²) in [5.74, 6) is -2.25. The van der Waals surface area contributed by atoms with Gasteiger partial charge in [-0.1, -0.05) is 30.3 Å². The van der Waals surface area contributed by atoms with Crippen molar-refractivity contribution >= 4 is 34.4 Å². The molecule has 0 fully saturated rings. The molecule has 15 heteroatoms. The number of ether oxygens (including phenoxy) is 1. The number of hydrogen-bond donors (Lipinski definition) is 5. The predicted octanol–water partition coefficient (Wildman–Crippen LogP) is 0.658. The molecule has 0 aliphatic heterocycles. The van der Waals surface area contributed by atoms with Gasteiger partial charge >= 0.3 is 6.36 Å². The fraction of sp³-hybridized carbons (Fsp3) is 0.346. The molecule has 1 aromatic heterocycles. The van der Waals surface area contributed by atoms with Crippen LogP contribution in [0, 0.1) is 0 Å². The van der Waals surface area contributed by atoms with Gasteiger partial charge in [-0.15, -0.1) is 23.4 Å². The Balaban J connectivity index is 1.76. The van der Waals surface area contributed by atoms with Crippen LogP contribution in [0.3, 0.4) is 0 Å². The van der Waals surface area contributed by atoms with Crippen molar-refractivity contribution in [1.29, 1.82) is 0 Å². The van der Waals surface area contributed by atoms with E-state index in [9.17, 15) is 27.6 Å². The Hall–Kier alpha value is -4.34. The van der Waals surface area contributed by atoms with Crippen LogP contribution < -0.4 is 32.6 Å². The van der Waals surface area contributed by atoms with Gasteiger partial charge in [0, 0.05) is 38.0 Å². The van der Waals surface area contributed by atoms with Crippen LogP contribution in [0.25, 0.3) is 10.9 Å². The summed E-state index contributed by atoms with van der Waals surface area (Å²) in [6, 6.07) is 11.0. The number of carbonyl (C=O) groups excluding carboxylic acids is 3. The van der Waals surface area contributed by atoms with Gasteiger partial charge in [0.1, 0.15) is 11.8 Å². The van der Waals surface area contributed by atoms with Crippen molar-refractivity contribution in [3.8, 4) is 5.75 Å². The first-order chi connectivity index (χ1) is 19.5. The Kier molecular flexibility index (Phi) is 10.9. The number of fused-ring (bicyclic) bond motifs is 1. The molecule has 3 aromatic rings. The summed E-state index contributed by atoms with van der Waals surface area (Å²) in [5.41, 5.74) is 18.1. The summed E-state index contributed by atoms with van der Waals surface area (Å²) in [6.45, 7) is 0.853. The van der Waals surface area contributed by atoms with Gasteiger partial charge in [0.15, 0.2) is 5.82 Å². The van der Waals surface area contributed by atoms with E-state index in [1.807, 2.05) is 0 Å². The number of aromatic nitrogens is 2. The van der Waals surface area contributed by atoms with E-state index >= 15 is 0 Å². The highest BCUT2D eigenvalue weighted by Gasteiger charge is 2.31. The molecule has 1 heterocycles. The summed E-state index contributed by atoms with van der Waals surface area (Å²) in [7, 11) is 0. The maximum atomic E-state index is 13.3. The first kappa shape index (κ1) is 31.2. The number of amides is 3. The Morgan fingerprint density at radius 2 is 1.61 bits per heavy atom. The Morgan fingerprint density at radius 1 is 0.951 bits per heavy atom. The average molecular weight is 577 g/mol. The fourth-order valence-electron chi connectivity index (χ4n) is 3.89. The molecule has 8 N–H and O–H groups in total. The average Bonchev–Trinajstić information content (AvgIpc) is 2.92. The number of carbonyl (C=O) groups is 3. The molecule has 0 aliphatic rings. The smallest absolute Gasteiger partial charge is 0.406 e. The monoisotopic (exact) mass is 576 g/mol. The number of nitrogens with one attached hydrogen (secondary N) is 2. The van der Waals surface area contributed by atoms with Crippen molar-refractivity contribution in [2.45, 2.75) is 31.3 Å². The molecule has 0 spiro atoms. The van der Waals surface area contributed by atoms with E-state index in [-0.39, 0.29) is 44.8 Å². The molecule has 220 valence electrons. The predicted molar refractivity (Wildman–Crippen MR) is 144 cm³/mol. The van der Waals surface area contributed by atoms with Crippen LogP contribution in [0.4, 0.5) is 19.0 Å². The van der Waals surface area contributed by atoms with E-state index in [0.717, 1.165) is 12.1 Å². The van der Waals surface area contributed by atoms with Crippen LogP contribution in [0.2, 0.25) is 0 Å². The second-order valence-corrected chi connectivity index (χ2v) is 9.00. The van der Waals surface area contributed by atoms with Gasteiger partial charge in [-0.05, 0) is 29.8 Å². The number of anilines is 1. The van der Waals surface area contributed by atoms with Crippen molar-refractivity contribution in [1.82, 2.24) is 20.4 Å². The second kappa shape index (κ2) is 14.3. The second-order valence-electron chi connectivity index (χ2n) is 9.00. The topological polar surface area (TPSA) is 192 Å². The lowest BCUT2D eigenvalue weighted by Gasteiger charge is -2.24. The van der Waals surface area contributed by atoms with Crippen molar-refractivity contribution in [3.05, 3.63) is 60.2 Å². The summed E-state index contributed by atoms with van der Waals surface area (Å²) < 4.78 is 41.4. The lowest BCUT2D eigenvalue weighted by Crippen LogP contribution is -2.52. The van der Waals surface area contributed by atoms with Gasteiger partial charge in [0.05, 0.1) is 18.0 Å². The molecule has 2 aromatic carbocycles. The number of alkyl halides is 3. The number of rotatable bonds is 13. The van der Waals surface area contributed by atoms with E-state index in [0.29, 0.717) is 16.5 Å². The standard InChI is InChI=1S/C26H31F3N8O4/c27-26(28,29)41-18-7-5-16(6-8-18)13-21(25(40)34-22-14-17-3-1-2-4-20(17)35-36-22)33-24(39)19(32)15-23(38)37(11-9-30)12-10-31/h1-8,14,19,21H,9-13,15,30-32H2,(H,33,39)(H,34,36,40)/t19-,21+/m0/s1. The molecule has 0 unspecified atom stereocenters. The summed E-state index contributed by atoms with van der Waals surface area (Å²) in [4.78, 5) is 40.2. The van der Waals surface area contributed by atoms with Crippen LogP contribution in [0.15, 0.2) is 54.6 Å². The number of nitrogens with two attached hydrogens (primary N) is 3. The zero-order valence-corrected chi connectivity index (χ0v) is 21.9. The molecule has 0 saturated carbocycles. The molecule has 0 saturated heterocycles. The minimum Gasteiger partial charge on any atom is -0.406 e. The van der Waals surface area contributed by atoms with Gasteiger partial charge in [-0.25, -0.2) is 0 Å². The zero-order chi connectivity index (χ0) is 30.0. The molecule has 0 aliphatic carbocycles. The minimum atomic E-state index is -4.86. The minimum absolute atomic E-state index is 0.112. The molecule has 12 nitrogen and oxygen atoms in total. The quantitative estimate of drug-likeness (QED) is 0.194. The Bertz CT molecular complexity index is 1330. The largest absolute Gasteiger partial charge is 0.573 e. The van der Waals surface area contributed by atoms with Crippen LogP contribution >= 0.6 is 0 Å². The van der Waals surface area contributed by atoms with Crippen molar-refractivity contribution in [2.75, 3.05) is 31.5 Å². The van der Waals surface area contributed by atoms with Crippen LogP contribution in [-0.2, 0) is 20.8 Å². The van der Waals surface area contributed by atoms with Crippen molar-refractivity contribution < 1.29 is 32.3 Å². The molecule has 3 amide bonds. The van der Waals surface area contributed by atoms with Crippen molar-refractivity contribution in [2.24, 2.45) is 17.2 Å². The molecule has 3 rings (SSSR count). The molecule has 2 atom stereocenters. The number of benzene rings is 2. The van der Waals surface area contributed by atoms with Gasteiger partial charge in [-0.2, -0.15) is 0 Å². The Morgan fingerprint density at radius 3 is 2.24 bits per heavy atom. The highest BCUT2D eigenvalue weighted by atomic mass is 19.4. The Labute approximate surface area is 233 Å². The maximum Gasteiger partial charge on any atom is 0.573 e. The number of halogens is 3. The SMILES string of the molecule is NCCN(CCN)C(=O)C[C@H](N)C(=O)N[C@H](Cc1ccc(OC(F)(F)F)cc1)C(=O)Nc1cc2ccccc2nn1. The zero-order valence-electron chi connectivity index (χ0n) is 21.9. The van der Waals surface area contributed by atoms with Crippen LogP contribution in [0.5, 0.6) is 5.75 Å². The van der Waals surface area contributed by atoms with Gasteiger partial charge in [0.2, 0.25) is 17.7 Å². The summed E-state index contributed by atoms with van der Waals surface area (Å²) >= 11 is 0. The van der Waals surface area contributed by atoms with Crippen LogP contribution in [0.1, 0.15) is 12.0 Å². The fourth-order valence-corrected chi connectivity index (χ4v) is 3.89. The first-order valence-corrected chi connectivity index (χ1v) is 12.6. The highest BCUT2D eigenvalue weighted by molar-refractivity contribution is 5.99. The lowest BCUT2D eigenvalue weighted by atomic mass is 10.0.